The summed E-state index contributed by atoms with van der Waals surface area (Å²) in [6.45, 7) is 4.07. The molecule has 2 heterocycles. The number of hydrogen-bond donors (Lipinski definition) is 1. The summed E-state index contributed by atoms with van der Waals surface area (Å²) in [5.74, 6) is 4.25. The highest BCUT2D eigenvalue weighted by Gasteiger charge is 2.26. The first-order valence-electron chi connectivity index (χ1n) is 4.88. The Bertz CT molecular complexity index is 338. The van der Waals surface area contributed by atoms with E-state index in [4.69, 9.17) is 5.73 Å². The first-order chi connectivity index (χ1) is 7.16. The Morgan fingerprint density at radius 3 is 2.60 bits per heavy atom. The van der Waals surface area contributed by atoms with Crippen molar-refractivity contribution in [3.05, 3.63) is 11.6 Å². The summed E-state index contributed by atoms with van der Waals surface area (Å²) >= 11 is 3.88. The van der Waals surface area contributed by atoms with Gasteiger partial charge in [-0.15, -0.1) is 11.8 Å². The van der Waals surface area contributed by atoms with Crippen molar-refractivity contribution in [2.45, 2.75) is 24.3 Å². The van der Waals surface area contributed by atoms with Gasteiger partial charge in [0.25, 0.3) is 0 Å². The number of nitrogens with zero attached hydrogens (tertiary/aromatic N) is 3. The van der Waals surface area contributed by atoms with Gasteiger partial charge in [0.1, 0.15) is 11.6 Å². The molecule has 2 atom stereocenters. The van der Waals surface area contributed by atoms with Crippen molar-refractivity contribution < 1.29 is 0 Å². The third-order valence-electron chi connectivity index (χ3n) is 2.22. The zero-order chi connectivity index (χ0) is 10.8. The van der Waals surface area contributed by atoms with E-state index >= 15 is 0 Å². The molecule has 1 aliphatic rings. The van der Waals surface area contributed by atoms with Gasteiger partial charge in [-0.1, -0.05) is 6.92 Å². The van der Waals surface area contributed by atoms with Crippen LogP contribution in [0.5, 0.6) is 0 Å². The standard InChI is InChI=1S/C9H14N4S2/c1-5-7(15-4-3-14-5)8-11-6(2)12-9(10)13-8/h5,7H,3-4H2,1-2H3,(H2,10,11,12,13). The smallest absolute Gasteiger partial charge is 0.223 e. The van der Waals surface area contributed by atoms with Gasteiger partial charge in [-0.25, -0.2) is 4.98 Å². The van der Waals surface area contributed by atoms with E-state index in [1.807, 2.05) is 30.4 Å². The largest absolute Gasteiger partial charge is 0.368 e. The van der Waals surface area contributed by atoms with Gasteiger partial charge in [0.05, 0.1) is 5.25 Å². The third-order valence-corrected chi connectivity index (χ3v) is 5.31. The van der Waals surface area contributed by atoms with Gasteiger partial charge in [-0.2, -0.15) is 21.7 Å². The van der Waals surface area contributed by atoms with Gasteiger partial charge < -0.3 is 5.73 Å². The average molecular weight is 242 g/mol. The number of rotatable bonds is 1. The number of thioether (sulfide) groups is 2. The van der Waals surface area contributed by atoms with Gasteiger partial charge in [-0.3, -0.25) is 0 Å². The molecule has 0 spiro atoms. The molecule has 0 radical (unpaired) electrons. The lowest BCUT2D eigenvalue weighted by molar-refractivity contribution is 0.796. The van der Waals surface area contributed by atoms with Gasteiger partial charge in [-0.05, 0) is 6.92 Å². The summed E-state index contributed by atoms with van der Waals surface area (Å²) in [5.41, 5.74) is 5.63. The van der Waals surface area contributed by atoms with E-state index in [9.17, 15) is 0 Å². The zero-order valence-electron chi connectivity index (χ0n) is 8.80. The molecule has 1 aromatic heterocycles. The predicted octanol–water partition coefficient (Wildman–Crippen LogP) is 1.67. The molecule has 2 unspecified atom stereocenters. The number of nitrogen functional groups attached to an aromatic ring is 1. The molecule has 82 valence electrons. The van der Waals surface area contributed by atoms with Crippen LogP contribution in [-0.2, 0) is 0 Å². The molecule has 1 aliphatic heterocycles. The minimum Gasteiger partial charge on any atom is -0.368 e. The van der Waals surface area contributed by atoms with Crippen LogP contribution in [0.15, 0.2) is 0 Å². The second kappa shape index (κ2) is 4.57. The fraction of sp³-hybridized carbons (Fsp3) is 0.667. The summed E-state index contributed by atoms with van der Waals surface area (Å²) in [7, 11) is 0. The van der Waals surface area contributed by atoms with Crippen LogP contribution in [0.3, 0.4) is 0 Å². The van der Waals surface area contributed by atoms with Crippen LogP contribution in [-0.4, -0.2) is 31.7 Å². The lowest BCUT2D eigenvalue weighted by Gasteiger charge is -2.26. The van der Waals surface area contributed by atoms with Crippen LogP contribution in [0, 0.1) is 6.92 Å². The summed E-state index contributed by atoms with van der Waals surface area (Å²) in [5, 5.41) is 0.901. The molecule has 6 heteroatoms. The van der Waals surface area contributed by atoms with E-state index in [1.165, 1.54) is 5.75 Å². The predicted molar refractivity (Wildman–Crippen MR) is 66.1 cm³/mol. The lowest BCUT2D eigenvalue weighted by atomic mass is 10.3. The highest BCUT2D eigenvalue weighted by molar-refractivity contribution is 8.06. The van der Waals surface area contributed by atoms with Gasteiger partial charge >= 0.3 is 0 Å². The molecule has 4 nitrogen and oxygen atoms in total. The normalized spacial score (nSPS) is 26.5. The lowest BCUT2D eigenvalue weighted by Crippen LogP contribution is -2.19. The number of aryl methyl sites for hydroxylation is 1. The van der Waals surface area contributed by atoms with Crippen LogP contribution < -0.4 is 5.73 Å². The number of hydrogen-bond acceptors (Lipinski definition) is 6. The van der Waals surface area contributed by atoms with Crippen molar-refractivity contribution in [3.8, 4) is 0 Å². The van der Waals surface area contributed by atoms with Gasteiger partial charge in [0, 0.05) is 16.8 Å². The topological polar surface area (TPSA) is 64.7 Å². The molecule has 1 aromatic rings. The van der Waals surface area contributed by atoms with Crippen molar-refractivity contribution in [1.82, 2.24) is 15.0 Å². The van der Waals surface area contributed by atoms with Crippen molar-refractivity contribution in [2.75, 3.05) is 17.2 Å². The van der Waals surface area contributed by atoms with Gasteiger partial charge in [0.15, 0.2) is 0 Å². The van der Waals surface area contributed by atoms with E-state index in [0.717, 1.165) is 11.6 Å². The molecule has 0 aliphatic carbocycles. The third kappa shape index (κ3) is 2.55. The first kappa shape index (κ1) is 11.0. The minimum absolute atomic E-state index is 0.334. The number of anilines is 1. The van der Waals surface area contributed by atoms with Crippen LogP contribution in [0.1, 0.15) is 23.8 Å². The quantitative estimate of drug-likeness (QED) is 0.808. The highest BCUT2D eigenvalue weighted by atomic mass is 32.2. The molecule has 0 bridgehead atoms. The van der Waals surface area contributed by atoms with Crippen LogP contribution in [0.2, 0.25) is 0 Å². The van der Waals surface area contributed by atoms with Crippen molar-refractivity contribution in [3.63, 3.8) is 0 Å². The zero-order valence-corrected chi connectivity index (χ0v) is 10.4. The van der Waals surface area contributed by atoms with E-state index in [1.54, 1.807) is 0 Å². The summed E-state index contributed by atoms with van der Waals surface area (Å²) < 4.78 is 0. The molecule has 1 fully saturated rings. The molecular formula is C9H14N4S2. The Labute approximate surface area is 97.9 Å². The van der Waals surface area contributed by atoms with Crippen LogP contribution in [0.25, 0.3) is 0 Å². The fourth-order valence-corrected chi connectivity index (χ4v) is 4.26. The maximum atomic E-state index is 5.63. The van der Waals surface area contributed by atoms with E-state index in [-0.39, 0.29) is 0 Å². The van der Waals surface area contributed by atoms with Crippen LogP contribution >= 0.6 is 23.5 Å². The molecule has 1 saturated heterocycles. The number of nitrogens with two attached hydrogens (primary N) is 1. The van der Waals surface area contributed by atoms with Gasteiger partial charge in [0.2, 0.25) is 5.95 Å². The Balaban J connectivity index is 2.27. The molecule has 2 rings (SSSR count). The summed E-state index contributed by atoms with van der Waals surface area (Å²) in [6.07, 6.45) is 0. The molecule has 0 saturated carbocycles. The van der Waals surface area contributed by atoms with Crippen LogP contribution in [0.4, 0.5) is 5.95 Å². The minimum atomic E-state index is 0.334. The first-order valence-corrected chi connectivity index (χ1v) is 6.98. The Morgan fingerprint density at radius 2 is 1.93 bits per heavy atom. The molecule has 0 aromatic carbocycles. The van der Waals surface area contributed by atoms with Crippen molar-refractivity contribution in [2.24, 2.45) is 0 Å². The summed E-state index contributed by atoms with van der Waals surface area (Å²) in [6, 6.07) is 0. The SMILES string of the molecule is Cc1nc(N)nc(C2SCCSC2C)n1. The molecule has 2 N–H and O–H groups in total. The van der Waals surface area contributed by atoms with Crippen molar-refractivity contribution >= 4 is 29.5 Å². The maximum absolute atomic E-state index is 5.63. The second-order valence-electron chi connectivity index (χ2n) is 3.47. The molecule has 15 heavy (non-hydrogen) atoms. The van der Waals surface area contributed by atoms with Crippen molar-refractivity contribution in [1.29, 1.82) is 0 Å². The highest BCUT2D eigenvalue weighted by Crippen LogP contribution is 2.40. The monoisotopic (exact) mass is 242 g/mol. The second-order valence-corrected chi connectivity index (χ2v) is 6.20. The summed E-state index contributed by atoms with van der Waals surface area (Å²) in [4.78, 5) is 12.6. The Hall–Kier alpha value is -0.490. The molecule has 0 amide bonds. The van der Waals surface area contributed by atoms with E-state index < -0.39 is 0 Å². The van der Waals surface area contributed by atoms with E-state index in [2.05, 4.69) is 21.9 Å². The van der Waals surface area contributed by atoms with E-state index in [0.29, 0.717) is 22.3 Å². The average Bonchev–Trinajstić information content (AvgIpc) is 2.16. The number of aromatic nitrogens is 3. The molecular weight excluding hydrogens is 228 g/mol. The fourth-order valence-electron chi connectivity index (χ4n) is 1.57. The Morgan fingerprint density at radius 1 is 1.20 bits per heavy atom. The Kier molecular flexibility index (Phi) is 3.35. The maximum Gasteiger partial charge on any atom is 0.223 e.